The molecule has 1 fully saturated rings. The van der Waals surface area contributed by atoms with Gasteiger partial charge in [-0.05, 0) is 36.6 Å². The third-order valence-corrected chi connectivity index (χ3v) is 4.51. The lowest BCUT2D eigenvalue weighted by Gasteiger charge is -2.19. The van der Waals surface area contributed by atoms with Crippen LogP contribution < -0.4 is 10.6 Å². The Bertz CT molecular complexity index is 745. The molecule has 0 atom stereocenters. The summed E-state index contributed by atoms with van der Waals surface area (Å²) in [6.45, 7) is 1.03. The zero-order chi connectivity index (χ0) is 17.0. The number of rotatable bonds is 5. The molecule has 0 spiro atoms. The molecule has 0 saturated heterocycles. The van der Waals surface area contributed by atoms with Crippen molar-refractivity contribution >= 4 is 29.9 Å². The zero-order valence-electron chi connectivity index (χ0n) is 14.1. The summed E-state index contributed by atoms with van der Waals surface area (Å²) in [5, 5.41) is 6.39. The molecule has 134 valence electrons. The fourth-order valence-corrected chi connectivity index (χ4v) is 2.83. The average molecular weight is 457 g/mol. The van der Waals surface area contributed by atoms with E-state index in [-0.39, 0.29) is 41.0 Å². The fourth-order valence-electron chi connectivity index (χ4n) is 2.83. The molecule has 6 heteroatoms. The highest BCUT2D eigenvalue weighted by atomic mass is 127. The lowest BCUT2D eigenvalue weighted by Crippen LogP contribution is -2.41. The largest absolute Gasteiger partial charge is 0.356 e. The quantitative estimate of drug-likeness (QED) is 0.405. The standard InChI is InChI=1S/C19H21F2N3.HI/c1-22-18(23-12-14-5-2-3-8-17(14)21)24-13-19(9-10-19)15-6-4-7-16(20)11-15;/h2-8,11H,9-10,12-13H2,1H3,(H2,22,23,24);1H. The molecule has 25 heavy (non-hydrogen) atoms. The molecule has 0 aromatic heterocycles. The molecule has 2 N–H and O–H groups in total. The number of hydrogen-bond acceptors (Lipinski definition) is 1. The van der Waals surface area contributed by atoms with Crippen LogP contribution in [-0.4, -0.2) is 19.6 Å². The number of nitrogens with zero attached hydrogens (tertiary/aromatic N) is 1. The third-order valence-electron chi connectivity index (χ3n) is 4.51. The van der Waals surface area contributed by atoms with Crippen LogP contribution in [0, 0.1) is 11.6 Å². The van der Waals surface area contributed by atoms with Crippen molar-refractivity contribution in [1.29, 1.82) is 0 Å². The first-order chi connectivity index (χ1) is 11.6. The van der Waals surface area contributed by atoms with E-state index in [2.05, 4.69) is 15.6 Å². The van der Waals surface area contributed by atoms with Gasteiger partial charge in [-0.25, -0.2) is 8.78 Å². The van der Waals surface area contributed by atoms with Crippen molar-refractivity contribution in [1.82, 2.24) is 10.6 Å². The Labute approximate surface area is 164 Å². The molecular formula is C19H22F2IN3. The van der Waals surface area contributed by atoms with Gasteiger partial charge in [-0.3, -0.25) is 4.99 Å². The lowest BCUT2D eigenvalue weighted by molar-refractivity contribution is 0.598. The van der Waals surface area contributed by atoms with Gasteiger partial charge in [-0.15, -0.1) is 24.0 Å². The Hall–Kier alpha value is -1.70. The second-order valence-corrected chi connectivity index (χ2v) is 6.16. The summed E-state index contributed by atoms with van der Waals surface area (Å²) in [5.41, 5.74) is 1.57. The van der Waals surface area contributed by atoms with Gasteiger partial charge < -0.3 is 10.6 Å². The molecule has 3 nitrogen and oxygen atoms in total. The molecule has 3 rings (SSSR count). The van der Waals surface area contributed by atoms with Crippen LogP contribution in [0.2, 0.25) is 0 Å². The third kappa shape index (κ3) is 4.90. The molecule has 0 aliphatic heterocycles. The van der Waals surface area contributed by atoms with Gasteiger partial charge in [0.15, 0.2) is 5.96 Å². The monoisotopic (exact) mass is 457 g/mol. The van der Waals surface area contributed by atoms with Crippen LogP contribution in [0.4, 0.5) is 8.78 Å². The normalized spacial score (nSPS) is 15.2. The number of aliphatic imine (C=N–C) groups is 1. The number of nitrogens with one attached hydrogen (secondary N) is 2. The summed E-state index contributed by atoms with van der Waals surface area (Å²) < 4.78 is 27.1. The van der Waals surface area contributed by atoms with Gasteiger partial charge in [0, 0.05) is 31.1 Å². The molecule has 2 aromatic carbocycles. The Kier molecular flexibility index (Phi) is 6.75. The van der Waals surface area contributed by atoms with E-state index in [0.29, 0.717) is 24.6 Å². The van der Waals surface area contributed by atoms with Crippen molar-refractivity contribution in [2.24, 2.45) is 4.99 Å². The molecule has 1 saturated carbocycles. The summed E-state index contributed by atoms with van der Waals surface area (Å²) in [5.74, 6) is 0.167. The zero-order valence-corrected chi connectivity index (χ0v) is 16.4. The van der Waals surface area contributed by atoms with Crippen LogP contribution in [0.5, 0.6) is 0 Å². The molecule has 0 amide bonds. The smallest absolute Gasteiger partial charge is 0.191 e. The lowest BCUT2D eigenvalue weighted by atomic mass is 9.96. The van der Waals surface area contributed by atoms with Crippen molar-refractivity contribution < 1.29 is 8.78 Å². The van der Waals surface area contributed by atoms with Crippen molar-refractivity contribution in [2.45, 2.75) is 24.8 Å². The van der Waals surface area contributed by atoms with E-state index in [1.807, 2.05) is 6.07 Å². The van der Waals surface area contributed by atoms with Gasteiger partial charge in [0.2, 0.25) is 0 Å². The highest BCUT2D eigenvalue weighted by Crippen LogP contribution is 2.47. The topological polar surface area (TPSA) is 36.4 Å². The number of hydrogen-bond donors (Lipinski definition) is 2. The van der Waals surface area contributed by atoms with Crippen molar-refractivity contribution in [2.75, 3.05) is 13.6 Å². The Morgan fingerprint density at radius 1 is 1.08 bits per heavy atom. The molecule has 1 aliphatic carbocycles. The molecule has 1 aliphatic rings. The number of benzene rings is 2. The average Bonchev–Trinajstić information content (AvgIpc) is 3.38. The molecule has 0 heterocycles. The first-order valence-corrected chi connectivity index (χ1v) is 8.07. The van der Waals surface area contributed by atoms with Gasteiger partial charge >= 0.3 is 0 Å². The maximum absolute atomic E-state index is 13.7. The second kappa shape index (κ2) is 8.60. The van der Waals surface area contributed by atoms with Crippen LogP contribution in [0.25, 0.3) is 0 Å². The van der Waals surface area contributed by atoms with Crippen molar-refractivity contribution in [3.05, 3.63) is 71.3 Å². The number of halogens is 3. The minimum atomic E-state index is -0.237. The fraction of sp³-hybridized carbons (Fsp3) is 0.316. The summed E-state index contributed by atoms with van der Waals surface area (Å²) in [6, 6.07) is 13.4. The molecule has 0 bridgehead atoms. The maximum atomic E-state index is 13.7. The summed E-state index contributed by atoms with van der Waals surface area (Å²) in [6.07, 6.45) is 2.04. The predicted octanol–water partition coefficient (Wildman–Crippen LogP) is 3.98. The minimum absolute atomic E-state index is 0. The molecule has 0 radical (unpaired) electrons. The summed E-state index contributed by atoms with van der Waals surface area (Å²) in [7, 11) is 1.68. The Morgan fingerprint density at radius 3 is 2.48 bits per heavy atom. The van der Waals surface area contributed by atoms with Crippen molar-refractivity contribution in [3.8, 4) is 0 Å². The van der Waals surface area contributed by atoms with E-state index < -0.39 is 0 Å². The van der Waals surface area contributed by atoms with E-state index in [1.165, 1.54) is 12.1 Å². The summed E-state index contributed by atoms with van der Waals surface area (Å²) >= 11 is 0. The van der Waals surface area contributed by atoms with E-state index in [4.69, 9.17) is 0 Å². The molecular weight excluding hydrogens is 435 g/mol. The molecule has 2 aromatic rings. The predicted molar refractivity (Wildman–Crippen MR) is 107 cm³/mol. The van der Waals surface area contributed by atoms with E-state index >= 15 is 0 Å². The minimum Gasteiger partial charge on any atom is -0.356 e. The first-order valence-electron chi connectivity index (χ1n) is 8.07. The SMILES string of the molecule is CN=C(NCc1ccccc1F)NCC1(c2cccc(F)c2)CC1.I. The Balaban J connectivity index is 0.00000225. The van der Waals surface area contributed by atoms with Gasteiger partial charge in [-0.2, -0.15) is 0 Å². The first kappa shape index (κ1) is 19.6. The van der Waals surface area contributed by atoms with Crippen LogP contribution >= 0.6 is 24.0 Å². The van der Waals surface area contributed by atoms with Crippen LogP contribution in [0.3, 0.4) is 0 Å². The van der Waals surface area contributed by atoms with E-state index in [9.17, 15) is 8.78 Å². The number of guanidine groups is 1. The maximum Gasteiger partial charge on any atom is 0.191 e. The van der Waals surface area contributed by atoms with E-state index in [1.54, 1.807) is 37.4 Å². The van der Waals surface area contributed by atoms with Gasteiger partial charge in [-0.1, -0.05) is 30.3 Å². The van der Waals surface area contributed by atoms with Gasteiger partial charge in [0.1, 0.15) is 11.6 Å². The second-order valence-electron chi connectivity index (χ2n) is 6.16. The van der Waals surface area contributed by atoms with Crippen molar-refractivity contribution in [3.63, 3.8) is 0 Å². The molecule has 0 unspecified atom stereocenters. The van der Waals surface area contributed by atoms with Crippen LogP contribution in [-0.2, 0) is 12.0 Å². The van der Waals surface area contributed by atoms with Gasteiger partial charge in [0.25, 0.3) is 0 Å². The Morgan fingerprint density at radius 2 is 1.84 bits per heavy atom. The van der Waals surface area contributed by atoms with Gasteiger partial charge in [0.05, 0.1) is 0 Å². The van der Waals surface area contributed by atoms with Crippen LogP contribution in [0.1, 0.15) is 24.0 Å². The highest BCUT2D eigenvalue weighted by molar-refractivity contribution is 14.0. The summed E-state index contributed by atoms with van der Waals surface area (Å²) in [4.78, 5) is 4.17. The van der Waals surface area contributed by atoms with Crippen LogP contribution in [0.15, 0.2) is 53.5 Å². The van der Waals surface area contributed by atoms with E-state index in [0.717, 1.165) is 18.4 Å². The highest BCUT2D eigenvalue weighted by Gasteiger charge is 2.44.